The van der Waals surface area contributed by atoms with Crippen molar-refractivity contribution in [1.82, 2.24) is 0 Å². The fraction of sp³-hybridized carbons (Fsp3) is 0.167. The average molecular weight is 308 g/mol. The van der Waals surface area contributed by atoms with E-state index in [1.54, 1.807) is 23.1 Å². The van der Waals surface area contributed by atoms with E-state index >= 15 is 0 Å². The van der Waals surface area contributed by atoms with Gasteiger partial charge in [-0.05, 0) is 48.7 Å². The summed E-state index contributed by atoms with van der Waals surface area (Å²) in [5, 5.41) is 10.6. The smallest absolute Gasteiger partial charge is 0.269 e. The van der Waals surface area contributed by atoms with E-state index in [1.807, 2.05) is 31.2 Å². The molecule has 3 rings (SSSR count). The number of para-hydroxylation sites is 1. The second-order valence-electron chi connectivity index (χ2n) is 5.57. The molecular formula is C18H16N2O3. The van der Waals surface area contributed by atoms with Gasteiger partial charge in [-0.2, -0.15) is 0 Å². The predicted molar refractivity (Wildman–Crippen MR) is 89.2 cm³/mol. The second-order valence-corrected chi connectivity index (χ2v) is 5.57. The maximum Gasteiger partial charge on any atom is 0.269 e. The Morgan fingerprint density at radius 3 is 2.61 bits per heavy atom. The van der Waals surface area contributed by atoms with Crippen LogP contribution in [0.4, 0.5) is 11.4 Å². The van der Waals surface area contributed by atoms with Crippen LogP contribution in [0.5, 0.6) is 0 Å². The van der Waals surface area contributed by atoms with E-state index in [-0.39, 0.29) is 17.6 Å². The summed E-state index contributed by atoms with van der Waals surface area (Å²) in [5.74, 6) is -0.0826. The topological polar surface area (TPSA) is 63.5 Å². The van der Waals surface area contributed by atoms with Crippen molar-refractivity contribution in [3.8, 4) is 0 Å². The fourth-order valence-corrected chi connectivity index (χ4v) is 2.86. The normalized spacial score (nSPS) is 16.6. The van der Waals surface area contributed by atoms with Crippen LogP contribution in [-0.2, 0) is 11.2 Å². The Morgan fingerprint density at radius 1 is 1.22 bits per heavy atom. The molecule has 116 valence electrons. The minimum absolute atomic E-state index is 0.0376. The Kier molecular flexibility index (Phi) is 3.93. The summed E-state index contributed by atoms with van der Waals surface area (Å²) in [6, 6.07) is 14.1. The van der Waals surface area contributed by atoms with E-state index in [2.05, 4.69) is 0 Å². The zero-order chi connectivity index (χ0) is 16.4. The van der Waals surface area contributed by atoms with Gasteiger partial charge in [0.05, 0.1) is 4.92 Å². The molecule has 23 heavy (non-hydrogen) atoms. The summed E-state index contributed by atoms with van der Waals surface area (Å²) in [6.07, 6.45) is 4.05. The summed E-state index contributed by atoms with van der Waals surface area (Å²) < 4.78 is 0. The first-order chi connectivity index (χ1) is 11.1. The molecular weight excluding hydrogens is 292 g/mol. The van der Waals surface area contributed by atoms with Crippen LogP contribution in [0.15, 0.2) is 54.6 Å². The Bertz CT molecular complexity index is 781. The zero-order valence-electron chi connectivity index (χ0n) is 12.7. The third-order valence-corrected chi connectivity index (χ3v) is 3.97. The molecule has 0 radical (unpaired) electrons. The van der Waals surface area contributed by atoms with Gasteiger partial charge in [0.15, 0.2) is 0 Å². The van der Waals surface area contributed by atoms with Gasteiger partial charge in [-0.15, -0.1) is 0 Å². The lowest BCUT2D eigenvalue weighted by molar-refractivity contribution is -0.384. The number of non-ortho nitro benzene ring substituents is 1. The number of fused-ring (bicyclic) bond motifs is 1. The van der Waals surface area contributed by atoms with Crippen LogP contribution in [-0.4, -0.2) is 16.9 Å². The number of hydrogen-bond acceptors (Lipinski definition) is 3. The van der Waals surface area contributed by atoms with Crippen molar-refractivity contribution >= 4 is 23.4 Å². The first-order valence-corrected chi connectivity index (χ1v) is 7.40. The fourth-order valence-electron chi connectivity index (χ4n) is 2.86. The van der Waals surface area contributed by atoms with Crippen LogP contribution in [0.1, 0.15) is 18.1 Å². The van der Waals surface area contributed by atoms with Crippen LogP contribution in [0.3, 0.4) is 0 Å². The molecule has 0 N–H and O–H groups in total. The van der Waals surface area contributed by atoms with Crippen LogP contribution >= 0.6 is 0 Å². The molecule has 2 aromatic rings. The molecule has 1 amide bonds. The molecule has 1 atom stereocenters. The van der Waals surface area contributed by atoms with Gasteiger partial charge in [0.1, 0.15) is 0 Å². The summed E-state index contributed by atoms with van der Waals surface area (Å²) in [7, 11) is 0. The van der Waals surface area contributed by atoms with Crippen molar-refractivity contribution in [2.75, 3.05) is 4.90 Å². The third kappa shape index (κ3) is 2.99. The van der Waals surface area contributed by atoms with E-state index in [0.717, 1.165) is 17.7 Å². The number of amides is 1. The first kappa shape index (κ1) is 15.0. The molecule has 2 aromatic carbocycles. The lowest BCUT2D eigenvalue weighted by Gasteiger charge is -2.20. The van der Waals surface area contributed by atoms with Gasteiger partial charge in [0, 0.05) is 29.9 Å². The van der Waals surface area contributed by atoms with Gasteiger partial charge in [-0.1, -0.05) is 18.2 Å². The molecule has 0 bridgehead atoms. The second kappa shape index (κ2) is 6.04. The van der Waals surface area contributed by atoms with Crippen molar-refractivity contribution in [3.63, 3.8) is 0 Å². The Morgan fingerprint density at radius 2 is 1.91 bits per heavy atom. The van der Waals surface area contributed by atoms with E-state index in [9.17, 15) is 14.9 Å². The number of anilines is 1. The van der Waals surface area contributed by atoms with Crippen LogP contribution in [0, 0.1) is 10.1 Å². The molecule has 0 spiro atoms. The predicted octanol–water partition coefficient (Wildman–Crippen LogP) is 3.59. The summed E-state index contributed by atoms with van der Waals surface area (Å²) in [4.78, 5) is 24.5. The molecule has 1 aliphatic heterocycles. The van der Waals surface area contributed by atoms with Gasteiger partial charge >= 0.3 is 0 Å². The molecule has 0 aliphatic carbocycles. The summed E-state index contributed by atoms with van der Waals surface area (Å²) in [5.41, 5.74) is 2.93. The SMILES string of the molecule is CC1Cc2ccccc2N1C(=O)C=Cc1ccc([N+](=O)[O-])cc1. The number of hydrogen-bond donors (Lipinski definition) is 0. The maximum absolute atomic E-state index is 12.5. The molecule has 5 heteroatoms. The lowest BCUT2D eigenvalue weighted by Crippen LogP contribution is -2.34. The van der Waals surface area contributed by atoms with Crippen molar-refractivity contribution in [1.29, 1.82) is 0 Å². The Balaban J connectivity index is 1.78. The van der Waals surface area contributed by atoms with E-state index in [1.165, 1.54) is 23.8 Å². The van der Waals surface area contributed by atoms with Crippen LogP contribution in [0.25, 0.3) is 6.08 Å². The number of nitro groups is 1. The van der Waals surface area contributed by atoms with Gasteiger partial charge in [-0.25, -0.2) is 0 Å². The molecule has 1 heterocycles. The molecule has 0 fully saturated rings. The van der Waals surface area contributed by atoms with Crippen molar-refractivity contribution in [2.45, 2.75) is 19.4 Å². The van der Waals surface area contributed by atoms with Crippen molar-refractivity contribution in [2.24, 2.45) is 0 Å². The highest BCUT2D eigenvalue weighted by Gasteiger charge is 2.29. The van der Waals surface area contributed by atoms with E-state index in [0.29, 0.717) is 0 Å². The van der Waals surface area contributed by atoms with Gasteiger partial charge in [0.2, 0.25) is 0 Å². The highest BCUT2D eigenvalue weighted by molar-refractivity contribution is 6.05. The number of benzene rings is 2. The monoisotopic (exact) mass is 308 g/mol. The molecule has 1 unspecified atom stereocenters. The molecule has 1 aliphatic rings. The average Bonchev–Trinajstić information content (AvgIpc) is 2.88. The number of nitro benzene ring substituents is 1. The zero-order valence-corrected chi connectivity index (χ0v) is 12.7. The van der Waals surface area contributed by atoms with Crippen LogP contribution < -0.4 is 4.90 Å². The van der Waals surface area contributed by atoms with Crippen molar-refractivity contribution in [3.05, 3.63) is 75.8 Å². The molecule has 0 saturated carbocycles. The molecule has 0 aromatic heterocycles. The van der Waals surface area contributed by atoms with Gasteiger partial charge in [0.25, 0.3) is 11.6 Å². The number of carbonyl (C=O) groups is 1. The lowest BCUT2D eigenvalue weighted by atomic mass is 10.1. The van der Waals surface area contributed by atoms with Gasteiger partial charge < -0.3 is 4.90 Å². The minimum Gasteiger partial charge on any atom is -0.305 e. The number of carbonyl (C=O) groups excluding carboxylic acids is 1. The Hall–Kier alpha value is -2.95. The molecule has 5 nitrogen and oxygen atoms in total. The first-order valence-electron chi connectivity index (χ1n) is 7.40. The largest absolute Gasteiger partial charge is 0.305 e. The number of rotatable bonds is 3. The third-order valence-electron chi connectivity index (χ3n) is 3.97. The highest BCUT2D eigenvalue weighted by atomic mass is 16.6. The summed E-state index contributed by atoms with van der Waals surface area (Å²) in [6.45, 7) is 2.03. The van der Waals surface area contributed by atoms with E-state index in [4.69, 9.17) is 0 Å². The number of nitrogens with zero attached hydrogens (tertiary/aromatic N) is 2. The quantitative estimate of drug-likeness (QED) is 0.494. The summed E-state index contributed by atoms with van der Waals surface area (Å²) >= 11 is 0. The molecule has 0 saturated heterocycles. The maximum atomic E-state index is 12.5. The van der Waals surface area contributed by atoms with Crippen molar-refractivity contribution < 1.29 is 9.72 Å². The van der Waals surface area contributed by atoms with Crippen LogP contribution in [0.2, 0.25) is 0 Å². The van der Waals surface area contributed by atoms with E-state index < -0.39 is 4.92 Å². The highest BCUT2D eigenvalue weighted by Crippen LogP contribution is 2.32. The Labute approximate surface area is 134 Å². The standard InChI is InChI=1S/C18H16N2O3/c1-13-12-15-4-2-3-5-17(15)19(13)18(21)11-8-14-6-9-16(10-7-14)20(22)23/h2-11,13H,12H2,1H3. The minimum atomic E-state index is -0.443. The van der Waals surface area contributed by atoms with Gasteiger partial charge in [-0.3, -0.25) is 14.9 Å².